The van der Waals surface area contributed by atoms with Crippen LogP contribution in [0.25, 0.3) is 0 Å². The predicted molar refractivity (Wildman–Crippen MR) is 82.1 cm³/mol. The van der Waals surface area contributed by atoms with Crippen LogP contribution in [0.4, 0.5) is 0 Å². The van der Waals surface area contributed by atoms with Crippen molar-refractivity contribution in [1.82, 2.24) is 10.6 Å². The number of piperidine rings is 1. The molecule has 1 aromatic rings. The van der Waals surface area contributed by atoms with Crippen LogP contribution in [0.3, 0.4) is 0 Å². The fourth-order valence-corrected chi connectivity index (χ4v) is 3.36. The first-order valence-corrected chi connectivity index (χ1v) is 7.94. The van der Waals surface area contributed by atoms with E-state index in [1.807, 2.05) is 6.07 Å². The number of fused-ring (bicyclic) bond motifs is 1. The Hall–Kier alpha value is -1.39. The van der Waals surface area contributed by atoms with E-state index in [1.165, 1.54) is 11.1 Å². The van der Waals surface area contributed by atoms with E-state index in [1.54, 1.807) is 0 Å². The number of amides is 1. The van der Waals surface area contributed by atoms with Gasteiger partial charge in [-0.05, 0) is 43.9 Å². The molecule has 1 saturated heterocycles. The molecule has 4 nitrogen and oxygen atoms in total. The van der Waals surface area contributed by atoms with Crippen LogP contribution in [0.5, 0.6) is 0 Å². The highest BCUT2D eigenvalue weighted by atomic mass is 16.5. The third-order valence-electron chi connectivity index (χ3n) is 4.45. The minimum atomic E-state index is -0.0888. The summed E-state index contributed by atoms with van der Waals surface area (Å²) < 4.78 is 5.81. The molecule has 1 aromatic carbocycles. The summed E-state index contributed by atoms with van der Waals surface area (Å²) >= 11 is 0. The van der Waals surface area contributed by atoms with Crippen molar-refractivity contribution in [3.8, 4) is 0 Å². The number of rotatable bonds is 3. The maximum absolute atomic E-state index is 12.3. The van der Waals surface area contributed by atoms with Crippen LogP contribution in [-0.4, -0.2) is 31.1 Å². The van der Waals surface area contributed by atoms with Gasteiger partial charge in [-0.2, -0.15) is 0 Å². The topological polar surface area (TPSA) is 50.4 Å². The van der Waals surface area contributed by atoms with Gasteiger partial charge in [0.1, 0.15) is 0 Å². The van der Waals surface area contributed by atoms with Crippen molar-refractivity contribution in [3.63, 3.8) is 0 Å². The summed E-state index contributed by atoms with van der Waals surface area (Å²) in [7, 11) is 0. The smallest absolute Gasteiger partial charge is 0.223 e. The van der Waals surface area contributed by atoms with Crippen molar-refractivity contribution < 1.29 is 9.53 Å². The first-order valence-electron chi connectivity index (χ1n) is 7.94. The van der Waals surface area contributed by atoms with Crippen LogP contribution in [0.2, 0.25) is 0 Å². The quantitative estimate of drug-likeness (QED) is 0.894. The lowest BCUT2D eigenvalue weighted by Crippen LogP contribution is -2.46. The van der Waals surface area contributed by atoms with Gasteiger partial charge in [-0.15, -0.1) is 0 Å². The molecule has 0 aliphatic carbocycles. The second-order valence-electron chi connectivity index (χ2n) is 6.16. The number of benzene rings is 1. The molecule has 0 radical (unpaired) electrons. The van der Waals surface area contributed by atoms with Crippen molar-refractivity contribution in [2.24, 2.45) is 0 Å². The van der Waals surface area contributed by atoms with Crippen LogP contribution in [0, 0.1) is 0 Å². The van der Waals surface area contributed by atoms with Crippen LogP contribution in [-0.2, 0) is 16.0 Å². The fraction of sp³-hybridized carbons (Fsp3) is 0.588. The number of hydrogen-bond acceptors (Lipinski definition) is 3. The molecule has 0 saturated carbocycles. The zero-order valence-electron chi connectivity index (χ0n) is 12.6. The van der Waals surface area contributed by atoms with E-state index in [-0.39, 0.29) is 12.0 Å². The Bertz CT molecular complexity index is 503. The molecule has 2 heterocycles. The van der Waals surface area contributed by atoms with Gasteiger partial charge in [-0.3, -0.25) is 4.79 Å². The second-order valence-corrected chi connectivity index (χ2v) is 6.16. The van der Waals surface area contributed by atoms with E-state index in [2.05, 4.69) is 35.8 Å². The minimum absolute atomic E-state index is 0.0888. The summed E-state index contributed by atoms with van der Waals surface area (Å²) in [6, 6.07) is 9.07. The normalized spacial score (nSPS) is 28.7. The van der Waals surface area contributed by atoms with Gasteiger partial charge in [-0.25, -0.2) is 0 Å². The zero-order chi connectivity index (χ0) is 14.7. The molecule has 4 heteroatoms. The van der Waals surface area contributed by atoms with Crippen molar-refractivity contribution in [2.45, 2.75) is 50.8 Å². The van der Waals surface area contributed by atoms with Gasteiger partial charge in [0.05, 0.1) is 19.1 Å². The minimum Gasteiger partial charge on any atom is -0.373 e. The van der Waals surface area contributed by atoms with Gasteiger partial charge >= 0.3 is 0 Å². The summed E-state index contributed by atoms with van der Waals surface area (Å²) in [5, 5.41) is 6.57. The number of hydrogen-bond donors (Lipinski definition) is 2. The van der Waals surface area contributed by atoms with Crippen LogP contribution in [0.15, 0.2) is 24.3 Å². The van der Waals surface area contributed by atoms with Crippen molar-refractivity contribution in [2.75, 3.05) is 13.2 Å². The average Bonchev–Trinajstić information content (AvgIpc) is 2.47. The third kappa shape index (κ3) is 3.63. The molecule has 0 spiro atoms. The lowest BCUT2D eigenvalue weighted by molar-refractivity contribution is -0.125. The highest BCUT2D eigenvalue weighted by Crippen LogP contribution is 2.29. The molecule has 2 aliphatic rings. The van der Waals surface area contributed by atoms with Gasteiger partial charge < -0.3 is 15.4 Å². The Morgan fingerprint density at radius 2 is 2.29 bits per heavy atom. The fourth-order valence-electron chi connectivity index (χ4n) is 3.36. The summed E-state index contributed by atoms with van der Waals surface area (Å²) in [6.45, 7) is 3.85. The highest BCUT2D eigenvalue weighted by Gasteiger charge is 2.25. The van der Waals surface area contributed by atoms with Gasteiger partial charge in [0.2, 0.25) is 5.91 Å². The van der Waals surface area contributed by atoms with Crippen LogP contribution >= 0.6 is 0 Å². The Kier molecular flexibility index (Phi) is 4.56. The van der Waals surface area contributed by atoms with Gasteiger partial charge in [0.15, 0.2) is 0 Å². The van der Waals surface area contributed by atoms with Gasteiger partial charge in [0.25, 0.3) is 0 Å². The zero-order valence-corrected chi connectivity index (χ0v) is 12.6. The second kappa shape index (κ2) is 6.58. The molecule has 0 aromatic heterocycles. The van der Waals surface area contributed by atoms with E-state index >= 15 is 0 Å². The molecular formula is C17H24N2O2. The van der Waals surface area contributed by atoms with Gasteiger partial charge in [0, 0.05) is 12.1 Å². The Balaban J connectivity index is 1.58. The van der Waals surface area contributed by atoms with E-state index in [4.69, 9.17) is 4.74 Å². The molecular weight excluding hydrogens is 264 g/mol. The largest absolute Gasteiger partial charge is 0.373 e. The monoisotopic (exact) mass is 288 g/mol. The van der Waals surface area contributed by atoms with E-state index in [9.17, 15) is 4.79 Å². The third-order valence-corrected chi connectivity index (χ3v) is 4.45. The molecule has 0 bridgehead atoms. The molecule has 114 valence electrons. The Morgan fingerprint density at radius 3 is 3.14 bits per heavy atom. The van der Waals surface area contributed by atoms with Gasteiger partial charge in [-0.1, -0.05) is 24.3 Å². The van der Waals surface area contributed by atoms with E-state index in [0.717, 1.165) is 25.8 Å². The Labute approximate surface area is 126 Å². The lowest BCUT2D eigenvalue weighted by atomic mass is 9.95. The molecule has 3 atom stereocenters. The average molecular weight is 288 g/mol. The highest BCUT2D eigenvalue weighted by molar-refractivity contribution is 5.77. The van der Waals surface area contributed by atoms with Crippen molar-refractivity contribution >= 4 is 5.91 Å². The number of carbonyl (C=O) groups excluding carboxylic acids is 1. The molecule has 3 unspecified atom stereocenters. The summed E-state index contributed by atoms with van der Waals surface area (Å²) in [6.07, 6.45) is 3.30. The van der Waals surface area contributed by atoms with Crippen molar-refractivity contribution in [1.29, 1.82) is 0 Å². The molecule has 2 N–H and O–H groups in total. The molecule has 21 heavy (non-hydrogen) atoms. The first kappa shape index (κ1) is 14.5. The standard InChI is InChI=1S/C17H24N2O2/c1-12-10-14(6-8-18-12)19-17(20)11-16-15-5-3-2-4-13(15)7-9-21-16/h2-5,12,14,16,18H,6-11H2,1H3,(H,19,20). The van der Waals surface area contributed by atoms with Crippen molar-refractivity contribution in [3.05, 3.63) is 35.4 Å². The number of carbonyl (C=O) groups is 1. The maximum Gasteiger partial charge on any atom is 0.223 e. The number of ether oxygens (including phenoxy) is 1. The SMILES string of the molecule is CC1CC(NC(=O)CC2OCCc3ccccc32)CCN1. The number of nitrogens with one attached hydrogen (secondary N) is 2. The van der Waals surface area contributed by atoms with Crippen LogP contribution < -0.4 is 10.6 Å². The summed E-state index contributed by atoms with van der Waals surface area (Å²) in [5.41, 5.74) is 2.50. The molecule has 1 amide bonds. The predicted octanol–water partition coefficient (Wildman–Crippen LogP) is 1.95. The summed E-state index contributed by atoms with van der Waals surface area (Å²) in [5.74, 6) is 0.107. The first-order chi connectivity index (χ1) is 10.2. The van der Waals surface area contributed by atoms with E-state index < -0.39 is 0 Å². The summed E-state index contributed by atoms with van der Waals surface area (Å²) in [4.78, 5) is 12.3. The van der Waals surface area contributed by atoms with Crippen LogP contribution in [0.1, 0.15) is 43.4 Å². The lowest BCUT2D eigenvalue weighted by Gasteiger charge is -2.30. The molecule has 2 aliphatic heterocycles. The van der Waals surface area contributed by atoms with E-state index in [0.29, 0.717) is 25.1 Å². The Morgan fingerprint density at radius 1 is 1.43 bits per heavy atom. The maximum atomic E-state index is 12.3. The molecule has 1 fully saturated rings. The molecule has 3 rings (SSSR count).